The molecule has 0 aromatic heterocycles. The summed E-state index contributed by atoms with van der Waals surface area (Å²) < 4.78 is 51.2. The number of aliphatic hydroxyl groups is 1. The summed E-state index contributed by atoms with van der Waals surface area (Å²) in [4.78, 5) is 27.8. The molecule has 1 heterocycles. The Bertz CT molecular complexity index is 1460. The minimum Gasteiger partial charge on any atom is -0.507 e. The van der Waals surface area contributed by atoms with Gasteiger partial charge in [0, 0.05) is 12.1 Å². The molecule has 40 heavy (non-hydrogen) atoms. The van der Waals surface area contributed by atoms with Crippen molar-refractivity contribution >= 4 is 17.4 Å². The van der Waals surface area contributed by atoms with Gasteiger partial charge < -0.3 is 19.5 Å². The number of amides is 1. The third-order valence-electron chi connectivity index (χ3n) is 6.58. The highest BCUT2D eigenvalue weighted by molar-refractivity contribution is 6.46. The number of halogens is 3. The normalized spacial score (nSPS) is 17.0. The molecule has 3 aromatic carbocycles. The Hall–Kier alpha value is -4.27. The minimum absolute atomic E-state index is 0.166. The van der Waals surface area contributed by atoms with E-state index in [4.69, 9.17) is 9.47 Å². The number of methoxy groups -OCH3 is 1. The molecule has 1 N–H and O–H groups in total. The highest BCUT2D eigenvalue weighted by atomic mass is 19.4. The number of nitrogens with zero attached hydrogens (tertiary/aromatic N) is 1. The topological polar surface area (TPSA) is 76.1 Å². The molecule has 6 nitrogen and oxygen atoms in total. The van der Waals surface area contributed by atoms with E-state index in [1.165, 1.54) is 24.1 Å². The van der Waals surface area contributed by atoms with Crippen LogP contribution >= 0.6 is 0 Å². The zero-order valence-electron chi connectivity index (χ0n) is 22.6. The average Bonchev–Trinajstić information content (AvgIpc) is 3.16. The number of aliphatic hydroxyl groups excluding tert-OH is 1. The Morgan fingerprint density at radius 3 is 2.40 bits per heavy atom. The summed E-state index contributed by atoms with van der Waals surface area (Å²) in [6.45, 7) is 6.06. The zero-order chi connectivity index (χ0) is 29.2. The Morgan fingerprint density at radius 2 is 1.75 bits per heavy atom. The molecule has 1 atom stereocenters. The molecule has 4 rings (SSSR count). The summed E-state index contributed by atoms with van der Waals surface area (Å²) >= 11 is 0. The maximum absolute atomic E-state index is 13.4. The Labute approximate surface area is 230 Å². The Morgan fingerprint density at radius 1 is 1.02 bits per heavy atom. The highest BCUT2D eigenvalue weighted by Crippen LogP contribution is 2.42. The van der Waals surface area contributed by atoms with Crippen LogP contribution < -0.4 is 9.47 Å². The molecule has 0 bridgehead atoms. The van der Waals surface area contributed by atoms with Crippen LogP contribution in [0.4, 0.5) is 13.2 Å². The van der Waals surface area contributed by atoms with Crippen molar-refractivity contribution in [2.24, 2.45) is 5.92 Å². The van der Waals surface area contributed by atoms with E-state index in [1.807, 2.05) is 13.8 Å². The van der Waals surface area contributed by atoms with Gasteiger partial charge in [-0.2, -0.15) is 13.2 Å². The first-order valence-electron chi connectivity index (χ1n) is 12.7. The number of alkyl halides is 3. The molecule has 1 saturated heterocycles. The second kappa shape index (κ2) is 11.5. The predicted molar refractivity (Wildman–Crippen MR) is 144 cm³/mol. The van der Waals surface area contributed by atoms with E-state index < -0.39 is 35.2 Å². The molecule has 0 saturated carbocycles. The number of ketones is 1. The Balaban J connectivity index is 1.81. The van der Waals surface area contributed by atoms with Crippen molar-refractivity contribution in [2.75, 3.05) is 13.7 Å². The SMILES string of the molecule is COc1cccc(C2/C(=C(\O)c3ccc(OCC(C)C)c(C)c3)C(=O)C(=O)N2Cc2cccc(C(F)(F)F)c2)c1. The van der Waals surface area contributed by atoms with Gasteiger partial charge in [-0.15, -0.1) is 0 Å². The lowest BCUT2D eigenvalue weighted by atomic mass is 9.94. The van der Waals surface area contributed by atoms with Crippen LogP contribution in [0.1, 0.15) is 47.7 Å². The number of rotatable bonds is 8. The fraction of sp³-hybridized carbons (Fsp3) is 0.290. The second-order valence-electron chi connectivity index (χ2n) is 10.1. The summed E-state index contributed by atoms with van der Waals surface area (Å²) in [7, 11) is 1.46. The quantitative estimate of drug-likeness (QED) is 0.191. The molecule has 1 aliphatic heterocycles. The number of aryl methyl sites for hydroxylation is 1. The van der Waals surface area contributed by atoms with E-state index in [0.29, 0.717) is 35.2 Å². The largest absolute Gasteiger partial charge is 0.507 e. The first kappa shape index (κ1) is 28.7. The smallest absolute Gasteiger partial charge is 0.416 e. The number of carbonyl (C=O) groups excluding carboxylic acids is 2. The molecule has 0 radical (unpaired) electrons. The van der Waals surface area contributed by atoms with Crippen molar-refractivity contribution in [2.45, 2.75) is 39.5 Å². The molecule has 3 aromatic rings. The molecule has 1 aliphatic rings. The third kappa shape index (κ3) is 5.98. The van der Waals surface area contributed by atoms with Crippen molar-refractivity contribution in [3.63, 3.8) is 0 Å². The molecule has 1 amide bonds. The van der Waals surface area contributed by atoms with Gasteiger partial charge in [0.2, 0.25) is 0 Å². The van der Waals surface area contributed by atoms with Gasteiger partial charge in [-0.3, -0.25) is 9.59 Å². The standard InChI is InChI=1S/C31H30F3NO5/c1-18(2)17-40-25-12-11-22(13-19(25)3)28(36)26-27(21-8-6-10-24(15-21)39-4)35(30(38)29(26)37)16-20-7-5-9-23(14-20)31(32,33)34/h5-15,18,27,36H,16-17H2,1-4H3/b28-26+. The number of benzene rings is 3. The van der Waals surface area contributed by atoms with E-state index in [1.54, 1.807) is 49.4 Å². The van der Waals surface area contributed by atoms with Crippen molar-refractivity contribution < 1.29 is 37.3 Å². The average molecular weight is 554 g/mol. The van der Waals surface area contributed by atoms with Crippen LogP contribution in [0.3, 0.4) is 0 Å². The maximum Gasteiger partial charge on any atom is 0.416 e. The van der Waals surface area contributed by atoms with E-state index in [9.17, 15) is 27.9 Å². The van der Waals surface area contributed by atoms with Crippen LogP contribution in [-0.2, 0) is 22.3 Å². The van der Waals surface area contributed by atoms with Crippen molar-refractivity contribution in [3.8, 4) is 11.5 Å². The van der Waals surface area contributed by atoms with E-state index in [0.717, 1.165) is 17.7 Å². The van der Waals surface area contributed by atoms with Crippen LogP contribution in [0.2, 0.25) is 0 Å². The molecule has 0 aliphatic carbocycles. The van der Waals surface area contributed by atoms with Gasteiger partial charge in [-0.1, -0.05) is 38.1 Å². The fourth-order valence-corrected chi connectivity index (χ4v) is 4.61. The predicted octanol–water partition coefficient (Wildman–Crippen LogP) is 6.68. The highest BCUT2D eigenvalue weighted by Gasteiger charge is 2.46. The first-order valence-corrected chi connectivity index (χ1v) is 12.7. The molecule has 210 valence electrons. The van der Waals surface area contributed by atoms with Crippen LogP contribution in [0.5, 0.6) is 11.5 Å². The van der Waals surface area contributed by atoms with E-state index in [-0.39, 0.29) is 17.7 Å². The molecule has 0 spiro atoms. The van der Waals surface area contributed by atoms with Gasteiger partial charge in [-0.25, -0.2) is 0 Å². The van der Waals surface area contributed by atoms with Crippen molar-refractivity contribution in [1.82, 2.24) is 4.90 Å². The van der Waals surface area contributed by atoms with Gasteiger partial charge in [0.15, 0.2) is 0 Å². The number of hydrogen-bond acceptors (Lipinski definition) is 5. The zero-order valence-corrected chi connectivity index (χ0v) is 22.6. The maximum atomic E-state index is 13.4. The van der Waals surface area contributed by atoms with Crippen LogP contribution in [-0.4, -0.2) is 35.4 Å². The lowest BCUT2D eigenvalue weighted by Gasteiger charge is -2.26. The number of hydrogen-bond donors (Lipinski definition) is 1. The molecule has 9 heteroatoms. The molecule has 1 fully saturated rings. The second-order valence-corrected chi connectivity index (χ2v) is 10.1. The van der Waals surface area contributed by atoms with Gasteiger partial charge in [0.25, 0.3) is 11.7 Å². The summed E-state index contributed by atoms with van der Waals surface area (Å²) in [5.74, 6) is -0.876. The van der Waals surface area contributed by atoms with Crippen LogP contribution in [0.25, 0.3) is 5.76 Å². The van der Waals surface area contributed by atoms with E-state index in [2.05, 4.69) is 0 Å². The van der Waals surface area contributed by atoms with Crippen molar-refractivity contribution in [1.29, 1.82) is 0 Å². The minimum atomic E-state index is -4.57. The molecule has 1 unspecified atom stereocenters. The lowest BCUT2D eigenvalue weighted by molar-refractivity contribution is -0.140. The van der Waals surface area contributed by atoms with Crippen LogP contribution in [0, 0.1) is 12.8 Å². The van der Waals surface area contributed by atoms with Gasteiger partial charge in [0.1, 0.15) is 17.3 Å². The summed E-state index contributed by atoms with van der Waals surface area (Å²) in [5.41, 5.74) is 0.642. The summed E-state index contributed by atoms with van der Waals surface area (Å²) in [6, 6.07) is 15.1. The third-order valence-corrected chi connectivity index (χ3v) is 6.58. The molecular weight excluding hydrogens is 523 g/mol. The number of ether oxygens (including phenoxy) is 2. The number of carbonyl (C=O) groups is 2. The van der Waals surface area contributed by atoms with Gasteiger partial charge in [0.05, 0.1) is 30.9 Å². The van der Waals surface area contributed by atoms with Gasteiger partial charge in [-0.05, 0) is 72.0 Å². The fourth-order valence-electron chi connectivity index (χ4n) is 4.61. The first-order chi connectivity index (χ1) is 18.9. The van der Waals surface area contributed by atoms with E-state index >= 15 is 0 Å². The van der Waals surface area contributed by atoms with Crippen LogP contribution in [0.15, 0.2) is 72.3 Å². The number of likely N-dealkylation sites (tertiary alicyclic amines) is 1. The summed E-state index contributed by atoms with van der Waals surface area (Å²) in [6.07, 6.45) is -4.57. The Kier molecular flexibility index (Phi) is 8.23. The lowest BCUT2D eigenvalue weighted by Crippen LogP contribution is -2.29. The summed E-state index contributed by atoms with van der Waals surface area (Å²) in [5, 5.41) is 11.4. The monoisotopic (exact) mass is 553 g/mol. The molecular formula is C31H30F3NO5. The van der Waals surface area contributed by atoms with Crippen molar-refractivity contribution in [3.05, 3.63) is 100 Å². The number of Topliss-reactive ketones (excluding diaryl/α,β-unsaturated/α-hetero) is 1. The van der Waals surface area contributed by atoms with Gasteiger partial charge >= 0.3 is 6.18 Å².